The predicted molar refractivity (Wildman–Crippen MR) is 63.3 cm³/mol. The third-order valence-corrected chi connectivity index (χ3v) is 4.16. The van der Waals surface area contributed by atoms with Gasteiger partial charge >= 0.3 is 5.97 Å². The van der Waals surface area contributed by atoms with Crippen molar-refractivity contribution in [3.63, 3.8) is 0 Å². The van der Waals surface area contributed by atoms with Crippen molar-refractivity contribution in [2.24, 2.45) is 0 Å². The monoisotopic (exact) mass is 252 g/mol. The smallest absolute Gasteiger partial charge is 0.316 e. The molecule has 0 aliphatic carbocycles. The molecule has 1 aromatic carbocycles. The quantitative estimate of drug-likeness (QED) is 0.880. The molecule has 1 aromatic rings. The number of ether oxygens (including phenoxy) is 1. The van der Waals surface area contributed by atoms with E-state index in [-0.39, 0.29) is 12.2 Å². The molecule has 4 heteroatoms. The van der Waals surface area contributed by atoms with Gasteiger partial charge in [-0.25, -0.2) is 0 Å². The van der Waals surface area contributed by atoms with E-state index in [9.17, 15) is 9.90 Å². The van der Waals surface area contributed by atoms with Crippen LogP contribution >= 0.6 is 11.6 Å². The largest absolute Gasteiger partial charge is 0.481 e. The molecule has 3 nitrogen and oxygen atoms in total. The molecule has 0 aromatic heterocycles. The average Bonchev–Trinajstić information content (AvgIpc) is 2.89. The Kier molecular flexibility index (Phi) is 2.42. The number of fused-ring (bicyclic) bond motifs is 2. The van der Waals surface area contributed by atoms with Gasteiger partial charge in [-0.15, -0.1) is 0 Å². The summed E-state index contributed by atoms with van der Waals surface area (Å²) in [6.07, 6.45) is 2.25. The van der Waals surface area contributed by atoms with Gasteiger partial charge in [0.15, 0.2) is 0 Å². The second-order valence-electron chi connectivity index (χ2n) is 4.82. The van der Waals surface area contributed by atoms with Crippen LogP contribution in [0.1, 0.15) is 24.8 Å². The Morgan fingerprint density at radius 3 is 2.82 bits per heavy atom. The standard InChI is InChI=1S/C13H13ClO3/c14-9-3-1-2-8(6-9)13(12(15)16)7-10-4-5-11(13)17-10/h1-3,6,10-11H,4-5,7H2,(H,15,16). The lowest BCUT2D eigenvalue weighted by atomic mass is 9.69. The van der Waals surface area contributed by atoms with Gasteiger partial charge in [0.25, 0.3) is 0 Å². The number of carboxylic acids is 1. The number of aliphatic carboxylic acids is 1. The zero-order chi connectivity index (χ0) is 12.0. The number of hydrogen-bond acceptors (Lipinski definition) is 2. The highest BCUT2D eigenvalue weighted by Gasteiger charge is 2.58. The van der Waals surface area contributed by atoms with Crippen molar-refractivity contribution in [3.05, 3.63) is 34.9 Å². The summed E-state index contributed by atoms with van der Waals surface area (Å²) in [4.78, 5) is 11.7. The highest BCUT2D eigenvalue weighted by Crippen LogP contribution is 2.49. The first-order chi connectivity index (χ1) is 8.13. The number of rotatable bonds is 2. The normalized spacial score (nSPS) is 35.1. The lowest BCUT2D eigenvalue weighted by Gasteiger charge is -2.31. The summed E-state index contributed by atoms with van der Waals surface area (Å²) in [6, 6.07) is 7.15. The first-order valence-corrected chi connectivity index (χ1v) is 6.15. The van der Waals surface area contributed by atoms with Crippen LogP contribution in [-0.4, -0.2) is 23.3 Å². The second kappa shape index (κ2) is 3.72. The topological polar surface area (TPSA) is 46.5 Å². The van der Waals surface area contributed by atoms with Crippen molar-refractivity contribution in [2.45, 2.75) is 36.9 Å². The zero-order valence-electron chi connectivity index (χ0n) is 9.23. The molecule has 3 rings (SSSR count). The zero-order valence-corrected chi connectivity index (χ0v) is 9.98. The van der Waals surface area contributed by atoms with Crippen molar-refractivity contribution in [2.75, 3.05) is 0 Å². The van der Waals surface area contributed by atoms with Crippen LogP contribution in [0.3, 0.4) is 0 Å². The first kappa shape index (κ1) is 11.1. The molecule has 0 radical (unpaired) electrons. The minimum atomic E-state index is -0.895. The molecule has 3 unspecified atom stereocenters. The van der Waals surface area contributed by atoms with Gasteiger partial charge in [0.05, 0.1) is 12.2 Å². The van der Waals surface area contributed by atoms with E-state index in [1.54, 1.807) is 18.2 Å². The molecule has 90 valence electrons. The van der Waals surface area contributed by atoms with E-state index < -0.39 is 11.4 Å². The van der Waals surface area contributed by atoms with E-state index in [2.05, 4.69) is 0 Å². The van der Waals surface area contributed by atoms with Crippen molar-refractivity contribution in [1.29, 1.82) is 0 Å². The maximum Gasteiger partial charge on any atom is 0.316 e. The van der Waals surface area contributed by atoms with Gasteiger partial charge in [0.1, 0.15) is 5.41 Å². The van der Waals surface area contributed by atoms with E-state index in [1.807, 2.05) is 6.07 Å². The molecular formula is C13H13ClO3. The lowest BCUT2D eigenvalue weighted by molar-refractivity contribution is -0.146. The average molecular weight is 253 g/mol. The lowest BCUT2D eigenvalue weighted by Crippen LogP contribution is -2.44. The number of hydrogen-bond donors (Lipinski definition) is 1. The van der Waals surface area contributed by atoms with E-state index in [0.29, 0.717) is 11.4 Å². The molecule has 2 heterocycles. The molecule has 17 heavy (non-hydrogen) atoms. The Labute approximate surface area is 104 Å². The summed E-state index contributed by atoms with van der Waals surface area (Å²) in [5.41, 5.74) is -0.127. The highest BCUT2D eigenvalue weighted by atomic mass is 35.5. The van der Waals surface area contributed by atoms with Gasteiger partial charge in [0, 0.05) is 5.02 Å². The number of halogens is 1. The Morgan fingerprint density at radius 1 is 1.47 bits per heavy atom. The van der Waals surface area contributed by atoms with Crippen molar-refractivity contribution in [3.8, 4) is 0 Å². The number of benzene rings is 1. The summed E-state index contributed by atoms with van der Waals surface area (Å²) in [5.74, 6) is -0.799. The van der Waals surface area contributed by atoms with Gasteiger partial charge in [-0.2, -0.15) is 0 Å². The van der Waals surface area contributed by atoms with Crippen LogP contribution in [0.4, 0.5) is 0 Å². The SMILES string of the molecule is O=C(O)C1(c2cccc(Cl)c2)CC2CCC1O2. The molecule has 0 saturated carbocycles. The van der Waals surface area contributed by atoms with E-state index in [1.165, 1.54) is 0 Å². The minimum absolute atomic E-state index is 0.0927. The van der Waals surface area contributed by atoms with Crippen molar-refractivity contribution >= 4 is 17.6 Å². The van der Waals surface area contributed by atoms with Gasteiger partial charge in [-0.05, 0) is 37.0 Å². The van der Waals surface area contributed by atoms with E-state index in [0.717, 1.165) is 18.4 Å². The third-order valence-electron chi connectivity index (χ3n) is 3.93. The summed E-state index contributed by atoms with van der Waals surface area (Å²) in [6.45, 7) is 0. The molecule has 2 saturated heterocycles. The van der Waals surface area contributed by atoms with Crippen LogP contribution in [0.15, 0.2) is 24.3 Å². The molecule has 2 aliphatic heterocycles. The third kappa shape index (κ3) is 1.49. The van der Waals surface area contributed by atoms with E-state index in [4.69, 9.17) is 16.3 Å². The van der Waals surface area contributed by atoms with Crippen LogP contribution in [0, 0.1) is 0 Å². The molecule has 2 bridgehead atoms. The fourth-order valence-corrected chi connectivity index (χ4v) is 3.32. The summed E-state index contributed by atoms with van der Waals surface area (Å²) < 4.78 is 5.72. The Balaban J connectivity index is 2.10. The molecular weight excluding hydrogens is 240 g/mol. The first-order valence-electron chi connectivity index (χ1n) is 5.78. The molecule has 0 amide bonds. The van der Waals surface area contributed by atoms with Crippen LogP contribution in [-0.2, 0) is 14.9 Å². The van der Waals surface area contributed by atoms with Gasteiger partial charge in [-0.3, -0.25) is 4.79 Å². The number of carbonyl (C=O) groups is 1. The summed E-state index contributed by atoms with van der Waals surface area (Å²) in [7, 11) is 0. The molecule has 0 spiro atoms. The van der Waals surface area contributed by atoms with Gasteiger partial charge in [0.2, 0.25) is 0 Å². The fourth-order valence-electron chi connectivity index (χ4n) is 3.13. The Bertz CT molecular complexity index is 473. The van der Waals surface area contributed by atoms with Crippen LogP contribution in [0.25, 0.3) is 0 Å². The highest BCUT2D eigenvalue weighted by molar-refractivity contribution is 6.30. The number of carboxylic acid groups (broad SMARTS) is 1. The van der Waals surface area contributed by atoms with Crippen LogP contribution < -0.4 is 0 Å². The van der Waals surface area contributed by atoms with Crippen LogP contribution in [0.2, 0.25) is 5.02 Å². The maximum atomic E-state index is 11.7. The van der Waals surface area contributed by atoms with Crippen molar-refractivity contribution < 1.29 is 14.6 Å². The Hall–Kier alpha value is -1.06. The Morgan fingerprint density at radius 2 is 2.29 bits per heavy atom. The second-order valence-corrected chi connectivity index (χ2v) is 5.25. The van der Waals surface area contributed by atoms with Gasteiger partial charge in [-0.1, -0.05) is 23.7 Å². The minimum Gasteiger partial charge on any atom is -0.481 e. The van der Waals surface area contributed by atoms with Crippen molar-refractivity contribution in [1.82, 2.24) is 0 Å². The molecule has 2 fully saturated rings. The van der Waals surface area contributed by atoms with Crippen LogP contribution in [0.5, 0.6) is 0 Å². The predicted octanol–water partition coefficient (Wildman–Crippen LogP) is 2.61. The molecule has 3 atom stereocenters. The summed E-state index contributed by atoms with van der Waals surface area (Å²) >= 11 is 5.96. The maximum absolute atomic E-state index is 11.7. The molecule has 2 aliphatic rings. The molecule has 1 N–H and O–H groups in total. The van der Waals surface area contributed by atoms with Gasteiger partial charge < -0.3 is 9.84 Å². The fraction of sp³-hybridized carbons (Fsp3) is 0.462. The van der Waals surface area contributed by atoms with E-state index >= 15 is 0 Å². The summed E-state index contributed by atoms with van der Waals surface area (Å²) in [5, 5.41) is 10.2.